The molecule has 0 fully saturated rings. The van der Waals surface area contributed by atoms with Crippen LogP contribution < -0.4 is 9.80 Å². The van der Waals surface area contributed by atoms with Gasteiger partial charge in [0.15, 0.2) is 0 Å². The van der Waals surface area contributed by atoms with Gasteiger partial charge in [0.1, 0.15) is 11.5 Å². The molecule has 12 rings (SSSR count). The Bertz CT molecular complexity index is 3620. The highest BCUT2D eigenvalue weighted by molar-refractivity contribution is 5.91. The van der Waals surface area contributed by atoms with Gasteiger partial charge >= 0.3 is 0 Å². The van der Waals surface area contributed by atoms with Crippen molar-refractivity contribution in [3.8, 4) is 56.0 Å². The summed E-state index contributed by atoms with van der Waals surface area (Å²) in [5.74, 6) is 0.367. The van der Waals surface area contributed by atoms with Crippen LogP contribution in [0.25, 0.3) is 44.5 Å². The molecule has 0 heterocycles. The fourth-order valence-corrected chi connectivity index (χ4v) is 11.8. The predicted octanol–water partition coefficient (Wildman–Crippen LogP) is 18.5. The molecule has 6 nitrogen and oxygen atoms in total. The number of nitrogens with zero attached hydrogens (tertiary/aromatic N) is 4. The Morgan fingerprint density at radius 1 is 0.354 bits per heavy atom. The second-order valence-electron chi connectivity index (χ2n) is 22.9. The summed E-state index contributed by atoms with van der Waals surface area (Å²) in [6.45, 7) is 14.5. The molecule has 2 aliphatic carbocycles. The number of fused-ring (bicyclic) bond motifs is 6. The minimum atomic E-state index is -0.272. The van der Waals surface area contributed by atoms with Gasteiger partial charge in [-0.3, -0.25) is 9.98 Å². The van der Waals surface area contributed by atoms with Gasteiger partial charge in [-0.05, 0) is 176 Å². The zero-order valence-corrected chi connectivity index (χ0v) is 45.7. The molecule has 6 heteroatoms. The van der Waals surface area contributed by atoms with Crippen molar-refractivity contribution in [1.29, 1.82) is 0 Å². The van der Waals surface area contributed by atoms with E-state index >= 15 is 0 Å². The maximum absolute atomic E-state index is 11.3. The van der Waals surface area contributed by atoms with E-state index in [4.69, 9.17) is 9.98 Å². The van der Waals surface area contributed by atoms with E-state index in [2.05, 4.69) is 258 Å². The Morgan fingerprint density at radius 2 is 0.646 bits per heavy atom. The highest BCUT2D eigenvalue weighted by atomic mass is 16.3. The first-order valence-corrected chi connectivity index (χ1v) is 27.3. The van der Waals surface area contributed by atoms with Crippen molar-refractivity contribution in [3.63, 3.8) is 0 Å². The minimum Gasteiger partial charge on any atom is -0.507 e. The second-order valence-corrected chi connectivity index (χ2v) is 22.9. The first kappa shape index (κ1) is 50.6. The van der Waals surface area contributed by atoms with Crippen molar-refractivity contribution in [2.45, 2.75) is 52.4 Å². The van der Waals surface area contributed by atoms with E-state index in [0.29, 0.717) is 24.2 Å². The smallest absolute Gasteiger partial charge is 0.124 e. The molecule has 0 amide bonds. The van der Waals surface area contributed by atoms with Crippen molar-refractivity contribution in [1.82, 2.24) is 0 Å². The van der Waals surface area contributed by atoms with Gasteiger partial charge in [0, 0.05) is 87.0 Å². The number of phenols is 2. The molecular weight excluding hydrogens is 965 g/mol. The first-order chi connectivity index (χ1) is 38.2. The van der Waals surface area contributed by atoms with E-state index in [1.807, 2.05) is 24.3 Å². The second kappa shape index (κ2) is 20.3. The van der Waals surface area contributed by atoms with Crippen molar-refractivity contribution in [3.05, 3.63) is 264 Å². The highest BCUT2D eigenvalue weighted by Gasteiger charge is 2.38. The summed E-state index contributed by atoms with van der Waals surface area (Å²) in [4.78, 5) is 14.2. The van der Waals surface area contributed by atoms with Crippen LogP contribution in [0.1, 0.15) is 74.9 Å². The van der Waals surface area contributed by atoms with Crippen molar-refractivity contribution in [2.24, 2.45) is 15.4 Å². The molecule has 0 unspecified atom stereocenters. The van der Waals surface area contributed by atoms with Crippen molar-refractivity contribution >= 4 is 46.6 Å². The first-order valence-electron chi connectivity index (χ1n) is 27.3. The molecule has 2 aliphatic rings. The Hall–Kier alpha value is -9.26. The van der Waals surface area contributed by atoms with E-state index < -0.39 is 0 Å². The summed E-state index contributed by atoms with van der Waals surface area (Å²) < 4.78 is 0. The fraction of sp³-hybridized carbons (Fsp3) is 0.151. The van der Waals surface area contributed by atoms with Gasteiger partial charge < -0.3 is 20.0 Å². The number of rotatable bonds is 14. The summed E-state index contributed by atoms with van der Waals surface area (Å²) in [6, 6.07) is 80.9. The Labute approximate surface area is 465 Å². The summed E-state index contributed by atoms with van der Waals surface area (Å²) in [6.07, 6.45) is 3.51. The number of aliphatic imine (C=N–C) groups is 2. The van der Waals surface area contributed by atoms with Crippen LogP contribution in [-0.2, 0) is 10.8 Å². The maximum atomic E-state index is 11.3. The van der Waals surface area contributed by atoms with Crippen LogP contribution in [-0.4, -0.2) is 35.7 Å². The number of para-hydroxylation sites is 4. The molecule has 0 bridgehead atoms. The Morgan fingerprint density at radius 3 is 0.975 bits per heavy atom. The van der Waals surface area contributed by atoms with E-state index in [9.17, 15) is 10.2 Å². The zero-order chi connectivity index (χ0) is 54.5. The third-order valence-electron chi connectivity index (χ3n) is 16.1. The topological polar surface area (TPSA) is 71.7 Å². The lowest BCUT2D eigenvalue weighted by Gasteiger charge is -2.28. The molecule has 0 saturated carbocycles. The summed E-state index contributed by atoms with van der Waals surface area (Å²) in [7, 11) is 0. The van der Waals surface area contributed by atoms with Crippen LogP contribution in [0, 0.1) is 5.41 Å². The third kappa shape index (κ3) is 9.58. The summed E-state index contributed by atoms with van der Waals surface area (Å²) in [5.41, 5.74) is 21.3. The van der Waals surface area contributed by atoms with Gasteiger partial charge in [0.25, 0.3) is 0 Å². The van der Waals surface area contributed by atoms with Crippen LogP contribution in [0.2, 0.25) is 0 Å². The fourth-order valence-electron chi connectivity index (χ4n) is 11.8. The number of anilines is 6. The van der Waals surface area contributed by atoms with E-state index in [1.54, 1.807) is 12.4 Å². The SMILES string of the molecule is CC(C)(CN=Cc1ccc(-c2ccc3c(c2)C(C)(C)c2cc(N(c4ccccc4)c4ccccc4)ccc2-3)cc1O)CN=Cc1ccc(-c2ccc3c(c2)C(C)(C)c2cc(N(c4ccccc4)c4ccccc4)ccc2-3)cc1O. The number of hydrogen-bond acceptors (Lipinski definition) is 6. The lowest BCUT2D eigenvalue weighted by atomic mass is 9.81. The molecule has 388 valence electrons. The van der Waals surface area contributed by atoms with Crippen molar-refractivity contribution < 1.29 is 10.2 Å². The van der Waals surface area contributed by atoms with Gasteiger partial charge in [-0.25, -0.2) is 0 Å². The average molecular weight is 1030 g/mol. The van der Waals surface area contributed by atoms with Crippen LogP contribution in [0.15, 0.2) is 241 Å². The minimum absolute atomic E-state index is 0.183. The molecule has 79 heavy (non-hydrogen) atoms. The Balaban J connectivity index is 0.694. The van der Waals surface area contributed by atoms with Crippen LogP contribution >= 0.6 is 0 Å². The average Bonchev–Trinajstić information content (AvgIpc) is 4.10. The van der Waals surface area contributed by atoms with E-state index in [1.165, 1.54) is 44.5 Å². The van der Waals surface area contributed by atoms with Gasteiger partial charge in [-0.1, -0.05) is 163 Å². The number of benzene rings is 10. The zero-order valence-electron chi connectivity index (χ0n) is 45.7. The molecule has 0 aromatic heterocycles. The molecule has 0 atom stereocenters. The number of hydrogen-bond donors (Lipinski definition) is 2. The number of phenolic OH excluding ortho intramolecular Hbond substituents is 2. The molecule has 0 saturated heterocycles. The Kier molecular flexibility index (Phi) is 13.0. The van der Waals surface area contributed by atoms with Gasteiger partial charge in [0.2, 0.25) is 0 Å². The van der Waals surface area contributed by atoms with E-state index in [-0.39, 0.29) is 27.7 Å². The number of aromatic hydroxyl groups is 2. The highest BCUT2D eigenvalue weighted by Crippen LogP contribution is 2.53. The van der Waals surface area contributed by atoms with Crippen LogP contribution in [0.3, 0.4) is 0 Å². The molecule has 0 aliphatic heterocycles. The van der Waals surface area contributed by atoms with E-state index in [0.717, 1.165) is 56.4 Å². The van der Waals surface area contributed by atoms with Crippen LogP contribution in [0.4, 0.5) is 34.1 Å². The monoisotopic (exact) mass is 1030 g/mol. The van der Waals surface area contributed by atoms with Crippen molar-refractivity contribution in [2.75, 3.05) is 22.9 Å². The predicted molar refractivity (Wildman–Crippen MR) is 330 cm³/mol. The molecule has 0 spiro atoms. The molecule has 0 radical (unpaired) electrons. The quantitative estimate of drug-likeness (QED) is 0.106. The lowest BCUT2D eigenvalue weighted by molar-refractivity contribution is 0.396. The maximum Gasteiger partial charge on any atom is 0.124 e. The summed E-state index contributed by atoms with van der Waals surface area (Å²) in [5, 5.41) is 22.7. The van der Waals surface area contributed by atoms with Gasteiger partial charge in [-0.15, -0.1) is 0 Å². The normalized spacial score (nSPS) is 13.7. The lowest BCUT2D eigenvalue weighted by Crippen LogP contribution is -2.19. The van der Waals surface area contributed by atoms with Gasteiger partial charge in [-0.2, -0.15) is 0 Å². The molecular formula is C73H64N4O2. The third-order valence-corrected chi connectivity index (χ3v) is 16.1. The molecule has 10 aromatic rings. The summed E-state index contributed by atoms with van der Waals surface area (Å²) >= 11 is 0. The standard InChI is InChI=1S/C73H64N4O2/c1-71(2,47-74-45-53-29-27-51(41-69(53)78)49-31-35-61-63-37-33-59(43-67(63)72(3,4)65(61)39-49)76(55-19-11-7-12-20-55)56-21-13-8-14-22-56)48-75-46-54-30-28-52(42-70(54)79)50-32-36-62-64-38-34-60(44-68(64)73(5,6)66(62)40-50)77(57-23-15-9-16-24-57)58-25-17-10-18-26-58/h7-46,78-79H,47-48H2,1-6H3. The van der Waals surface area contributed by atoms with Gasteiger partial charge in [0.05, 0.1) is 0 Å². The largest absolute Gasteiger partial charge is 0.507 e. The molecule has 10 aromatic carbocycles. The van der Waals surface area contributed by atoms with Crippen LogP contribution in [0.5, 0.6) is 11.5 Å². The molecule has 2 N–H and O–H groups in total.